The minimum absolute atomic E-state index is 0.296. The van der Waals surface area contributed by atoms with Crippen LogP contribution in [0.2, 0.25) is 5.02 Å². The molecule has 28 heavy (non-hydrogen) atoms. The van der Waals surface area contributed by atoms with Crippen LogP contribution in [0.1, 0.15) is 17.3 Å². The van der Waals surface area contributed by atoms with Crippen molar-refractivity contribution in [3.05, 3.63) is 65.3 Å². The maximum atomic E-state index is 12.1. The number of anilines is 4. The monoisotopic (exact) mass is 398 g/mol. The van der Waals surface area contributed by atoms with Gasteiger partial charge in [-0.05, 0) is 43.3 Å². The van der Waals surface area contributed by atoms with Gasteiger partial charge in [0.1, 0.15) is 11.6 Å². The molecule has 0 saturated carbocycles. The van der Waals surface area contributed by atoms with Crippen LogP contribution in [0.3, 0.4) is 0 Å². The summed E-state index contributed by atoms with van der Waals surface area (Å²) in [7, 11) is 1.58. The number of halogens is 1. The zero-order valence-electron chi connectivity index (χ0n) is 15.4. The Hall–Kier alpha value is -3.32. The molecule has 144 valence electrons. The second-order valence-electron chi connectivity index (χ2n) is 5.63. The molecule has 0 aliphatic carbocycles. The van der Waals surface area contributed by atoms with Gasteiger partial charge in [-0.1, -0.05) is 23.7 Å². The Labute approximate surface area is 167 Å². The molecule has 1 aromatic heterocycles. The highest BCUT2D eigenvalue weighted by Gasteiger charge is 2.13. The number of hydrogen-bond acceptors (Lipinski definition) is 7. The van der Waals surface area contributed by atoms with E-state index in [1.54, 1.807) is 62.7 Å². The van der Waals surface area contributed by atoms with Crippen molar-refractivity contribution < 1.29 is 14.3 Å². The zero-order chi connectivity index (χ0) is 19.9. The smallest absolute Gasteiger partial charge is 0.340 e. The van der Waals surface area contributed by atoms with Gasteiger partial charge in [0, 0.05) is 11.2 Å². The molecule has 2 N–H and O–H groups in total. The van der Waals surface area contributed by atoms with Crippen LogP contribution in [0.5, 0.6) is 5.75 Å². The van der Waals surface area contributed by atoms with Crippen LogP contribution in [0.15, 0.2) is 54.7 Å². The van der Waals surface area contributed by atoms with Gasteiger partial charge in [-0.15, -0.1) is 0 Å². The highest BCUT2D eigenvalue weighted by molar-refractivity contribution is 6.31. The molecule has 0 radical (unpaired) electrons. The van der Waals surface area contributed by atoms with E-state index in [-0.39, 0.29) is 0 Å². The lowest BCUT2D eigenvalue weighted by Gasteiger charge is -2.13. The van der Waals surface area contributed by atoms with Crippen LogP contribution in [0.25, 0.3) is 0 Å². The Bertz CT molecular complexity index is 981. The van der Waals surface area contributed by atoms with Crippen molar-refractivity contribution in [3.63, 3.8) is 0 Å². The zero-order valence-corrected chi connectivity index (χ0v) is 16.2. The predicted octanol–water partition coefficient (Wildman–Crippen LogP) is 4.80. The molecular formula is C20H19ClN4O3. The van der Waals surface area contributed by atoms with E-state index in [1.807, 2.05) is 6.07 Å². The number of rotatable bonds is 7. The third kappa shape index (κ3) is 4.69. The SMILES string of the molecule is CCOC(=O)c1ccccc1Nc1nccc(Nc2cc(Cl)ccc2OC)n1. The molecule has 8 heteroatoms. The van der Waals surface area contributed by atoms with Crippen molar-refractivity contribution in [2.75, 3.05) is 24.4 Å². The van der Waals surface area contributed by atoms with Gasteiger partial charge >= 0.3 is 5.97 Å². The number of aromatic nitrogens is 2. The lowest BCUT2D eigenvalue weighted by molar-refractivity contribution is 0.0527. The van der Waals surface area contributed by atoms with E-state index in [1.165, 1.54) is 0 Å². The first kappa shape index (κ1) is 19.4. The Morgan fingerprint density at radius 1 is 1.11 bits per heavy atom. The third-order valence-electron chi connectivity index (χ3n) is 3.75. The maximum Gasteiger partial charge on any atom is 0.340 e. The van der Waals surface area contributed by atoms with Crippen LogP contribution in [-0.2, 0) is 4.74 Å². The molecule has 0 atom stereocenters. The molecule has 0 fully saturated rings. The van der Waals surface area contributed by atoms with Crippen molar-refractivity contribution in [2.45, 2.75) is 6.92 Å². The van der Waals surface area contributed by atoms with Gasteiger partial charge in [0.15, 0.2) is 0 Å². The molecule has 3 aromatic rings. The number of esters is 1. The van der Waals surface area contributed by atoms with E-state index in [2.05, 4.69) is 20.6 Å². The molecule has 0 bridgehead atoms. The van der Waals surface area contributed by atoms with Crippen molar-refractivity contribution in [2.24, 2.45) is 0 Å². The fourth-order valence-corrected chi connectivity index (χ4v) is 2.68. The third-order valence-corrected chi connectivity index (χ3v) is 3.98. The minimum Gasteiger partial charge on any atom is -0.495 e. The quantitative estimate of drug-likeness (QED) is 0.552. The van der Waals surface area contributed by atoms with E-state index in [0.717, 1.165) is 0 Å². The number of nitrogens with zero attached hydrogens (tertiary/aromatic N) is 2. The summed E-state index contributed by atoms with van der Waals surface area (Å²) in [5, 5.41) is 6.78. The molecule has 1 heterocycles. The molecule has 2 aromatic carbocycles. The number of carbonyl (C=O) groups excluding carboxylic acids is 1. The van der Waals surface area contributed by atoms with E-state index in [9.17, 15) is 4.79 Å². The standard InChI is InChI=1S/C20H19ClN4O3/c1-3-28-19(26)14-6-4-5-7-15(14)24-20-22-11-10-18(25-20)23-16-12-13(21)8-9-17(16)27-2/h4-12H,3H2,1-2H3,(H2,22,23,24,25). The Kier molecular flexibility index (Phi) is 6.29. The molecule has 3 rings (SSSR count). The highest BCUT2D eigenvalue weighted by atomic mass is 35.5. The molecule has 0 spiro atoms. The lowest BCUT2D eigenvalue weighted by atomic mass is 10.2. The fourth-order valence-electron chi connectivity index (χ4n) is 2.50. The average molecular weight is 399 g/mol. The number of methoxy groups -OCH3 is 1. The minimum atomic E-state index is -0.413. The average Bonchev–Trinajstić information content (AvgIpc) is 2.69. The summed E-state index contributed by atoms with van der Waals surface area (Å²) in [6.45, 7) is 2.06. The summed E-state index contributed by atoms with van der Waals surface area (Å²) in [5.74, 6) is 1.07. The summed E-state index contributed by atoms with van der Waals surface area (Å²) in [4.78, 5) is 20.8. The molecule has 0 saturated heterocycles. The second-order valence-corrected chi connectivity index (χ2v) is 6.06. The Morgan fingerprint density at radius 2 is 1.93 bits per heavy atom. The molecule has 0 amide bonds. The maximum absolute atomic E-state index is 12.1. The summed E-state index contributed by atoms with van der Waals surface area (Å²) >= 11 is 6.07. The van der Waals surface area contributed by atoms with Gasteiger partial charge < -0.3 is 20.1 Å². The first-order valence-corrected chi connectivity index (χ1v) is 8.95. The molecule has 0 unspecified atom stereocenters. The van der Waals surface area contributed by atoms with E-state index in [4.69, 9.17) is 21.1 Å². The van der Waals surface area contributed by atoms with E-state index in [0.29, 0.717) is 46.1 Å². The first-order valence-electron chi connectivity index (χ1n) is 8.57. The van der Waals surface area contributed by atoms with Crippen molar-refractivity contribution >= 4 is 40.7 Å². The van der Waals surface area contributed by atoms with Crippen LogP contribution in [-0.4, -0.2) is 29.7 Å². The van der Waals surface area contributed by atoms with E-state index >= 15 is 0 Å². The second kappa shape index (κ2) is 9.05. The summed E-state index contributed by atoms with van der Waals surface area (Å²) in [6.07, 6.45) is 1.60. The van der Waals surface area contributed by atoms with Crippen LogP contribution < -0.4 is 15.4 Å². The van der Waals surface area contributed by atoms with Gasteiger partial charge in [-0.3, -0.25) is 0 Å². The van der Waals surface area contributed by atoms with Gasteiger partial charge in [0.05, 0.1) is 30.7 Å². The van der Waals surface area contributed by atoms with Crippen molar-refractivity contribution in [1.82, 2.24) is 9.97 Å². The normalized spacial score (nSPS) is 10.2. The molecular weight excluding hydrogens is 380 g/mol. The van der Waals surface area contributed by atoms with Crippen molar-refractivity contribution in [1.29, 1.82) is 0 Å². The topological polar surface area (TPSA) is 85.4 Å². The molecule has 7 nitrogen and oxygen atoms in total. The lowest BCUT2D eigenvalue weighted by Crippen LogP contribution is -2.09. The molecule has 0 aliphatic heterocycles. The van der Waals surface area contributed by atoms with E-state index < -0.39 is 5.97 Å². The van der Waals surface area contributed by atoms with Crippen LogP contribution >= 0.6 is 11.6 Å². The van der Waals surface area contributed by atoms with Gasteiger partial charge in [-0.25, -0.2) is 9.78 Å². The number of benzene rings is 2. The molecule has 0 aliphatic rings. The largest absolute Gasteiger partial charge is 0.495 e. The van der Waals surface area contributed by atoms with Gasteiger partial charge in [-0.2, -0.15) is 4.98 Å². The summed E-state index contributed by atoms with van der Waals surface area (Å²) in [6, 6.07) is 14.0. The fraction of sp³-hybridized carbons (Fsp3) is 0.150. The number of ether oxygens (including phenoxy) is 2. The summed E-state index contributed by atoms with van der Waals surface area (Å²) < 4.78 is 10.4. The summed E-state index contributed by atoms with van der Waals surface area (Å²) in [5.41, 5.74) is 1.63. The number of para-hydroxylation sites is 1. The first-order chi connectivity index (χ1) is 13.6. The van der Waals surface area contributed by atoms with Crippen LogP contribution in [0.4, 0.5) is 23.1 Å². The van der Waals surface area contributed by atoms with Gasteiger partial charge in [0.25, 0.3) is 0 Å². The Balaban J connectivity index is 1.84. The number of carbonyl (C=O) groups is 1. The predicted molar refractivity (Wildman–Crippen MR) is 109 cm³/mol. The number of hydrogen-bond donors (Lipinski definition) is 2. The van der Waals surface area contributed by atoms with Crippen molar-refractivity contribution in [3.8, 4) is 5.75 Å². The number of nitrogens with one attached hydrogen (secondary N) is 2. The Morgan fingerprint density at radius 3 is 2.71 bits per heavy atom. The highest BCUT2D eigenvalue weighted by Crippen LogP contribution is 2.30. The van der Waals surface area contributed by atoms with Crippen LogP contribution in [0, 0.1) is 0 Å². The van der Waals surface area contributed by atoms with Gasteiger partial charge in [0.2, 0.25) is 5.95 Å².